The number of carbonyl (C=O) groups is 1. The third-order valence-electron chi connectivity index (χ3n) is 10.1. The van der Waals surface area contributed by atoms with Crippen LogP contribution in [0.2, 0.25) is 0 Å². The van der Waals surface area contributed by atoms with Gasteiger partial charge in [-0.1, -0.05) is 45.0 Å². The van der Waals surface area contributed by atoms with Gasteiger partial charge in [0.05, 0.1) is 11.0 Å². The van der Waals surface area contributed by atoms with E-state index >= 15 is 0 Å². The zero-order chi connectivity index (χ0) is 36.7. The molecule has 1 aromatic heterocycles. The van der Waals surface area contributed by atoms with Crippen molar-refractivity contribution in [2.45, 2.75) is 95.5 Å². The van der Waals surface area contributed by atoms with Gasteiger partial charge in [0.25, 0.3) is 0 Å². The molecule has 51 heavy (non-hydrogen) atoms. The quantitative estimate of drug-likeness (QED) is 0.131. The number of phenols is 1. The number of phenolic OH excluding ortho intramolecular Hbond substituents is 1. The minimum absolute atomic E-state index is 0.0475. The van der Waals surface area contributed by atoms with Crippen molar-refractivity contribution in [3.05, 3.63) is 106 Å². The van der Waals surface area contributed by atoms with Crippen molar-refractivity contribution in [1.29, 1.82) is 0 Å². The summed E-state index contributed by atoms with van der Waals surface area (Å²) in [6.07, 6.45) is 2.00. The Morgan fingerprint density at radius 3 is 2.33 bits per heavy atom. The second kappa shape index (κ2) is 14.2. The van der Waals surface area contributed by atoms with Gasteiger partial charge in [-0.05, 0) is 117 Å². The van der Waals surface area contributed by atoms with E-state index in [4.69, 9.17) is 19.2 Å². The zero-order valence-corrected chi connectivity index (χ0v) is 31.6. The highest BCUT2D eigenvalue weighted by molar-refractivity contribution is 8.00. The number of imidazole rings is 1. The van der Waals surface area contributed by atoms with Crippen molar-refractivity contribution in [3.63, 3.8) is 0 Å². The molecule has 0 bridgehead atoms. The van der Waals surface area contributed by atoms with Gasteiger partial charge in [-0.25, -0.2) is 4.98 Å². The van der Waals surface area contributed by atoms with E-state index in [1.807, 2.05) is 87.0 Å². The number of fused-ring (bicyclic) bond motifs is 2. The van der Waals surface area contributed by atoms with Gasteiger partial charge in [0.15, 0.2) is 0 Å². The van der Waals surface area contributed by atoms with Crippen molar-refractivity contribution in [1.82, 2.24) is 9.55 Å². The maximum Gasteiger partial charge on any atom is 0.317 e. The molecule has 0 amide bonds. The summed E-state index contributed by atoms with van der Waals surface area (Å²) in [5.41, 5.74) is 7.28. The summed E-state index contributed by atoms with van der Waals surface area (Å²) in [6, 6.07) is 21.7. The molecule has 4 aromatic carbocycles. The van der Waals surface area contributed by atoms with Gasteiger partial charge in [-0.3, -0.25) is 4.79 Å². The Bertz CT molecular complexity index is 2060. The highest BCUT2D eigenvalue weighted by Gasteiger charge is 2.35. The fraction of sp³-hybridized carbons (Fsp3) is 0.381. The standard InChI is InChI=1S/C42H48N2O6S/c1-25-26(2)39-33(27(3)38(25)45)19-20-42(7,50-39)24-49-31-15-18-34-35(22-31)44(8)37(43-34)23-48-30-13-9-28(10-14-30)21-36(40(46)47)51-32-16-11-29(12-17-32)41(4,5)6/h9-18,22,36,45H,19-21,23-24H2,1-8H3,(H,46,47). The molecular formula is C42H48N2O6S. The molecule has 1 aliphatic rings. The molecular weight excluding hydrogens is 661 g/mol. The van der Waals surface area contributed by atoms with Crippen LogP contribution in [0.5, 0.6) is 23.0 Å². The van der Waals surface area contributed by atoms with Crippen LogP contribution in [0.4, 0.5) is 0 Å². The number of carboxylic acid groups (broad SMARTS) is 1. The second-order valence-corrected chi connectivity index (χ2v) is 16.2. The number of thioether (sulfide) groups is 1. The van der Waals surface area contributed by atoms with Gasteiger partial charge in [-0.2, -0.15) is 0 Å². The number of aromatic nitrogens is 2. The molecule has 2 unspecified atom stereocenters. The number of ether oxygens (including phenoxy) is 3. The van der Waals surface area contributed by atoms with Gasteiger partial charge in [0.2, 0.25) is 0 Å². The zero-order valence-electron chi connectivity index (χ0n) is 30.8. The Morgan fingerprint density at radius 1 is 0.980 bits per heavy atom. The lowest BCUT2D eigenvalue weighted by Gasteiger charge is -2.37. The molecule has 1 aliphatic heterocycles. The molecule has 0 aliphatic carbocycles. The van der Waals surface area contributed by atoms with Crippen molar-refractivity contribution in [2.75, 3.05) is 6.61 Å². The van der Waals surface area contributed by atoms with Crippen LogP contribution in [0.25, 0.3) is 11.0 Å². The maximum absolute atomic E-state index is 12.1. The topological polar surface area (TPSA) is 103 Å². The third kappa shape index (κ3) is 7.83. The minimum Gasteiger partial charge on any atom is -0.507 e. The van der Waals surface area contributed by atoms with E-state index in [1.54, 1.807) is 0 Å². The molecule has 0 radical (unpaired) electrons. The Labute approximate surface area is 304 Å². The molecule has 268 valence electrons. The predicted octanol–water partition coefficient (Wildman–Crippen LogP) is 9.03. The normalized spacial score (nSPS) is 16.4. The molecule has 2 atom stereocenters. The highest BCUT2D eigenvalue weighted by atomic mass is 32.2. The monoisotopic (exact) mass is 708 g/mol. The van der Waals surface area contributed by atoms with Gasteiger partial charge in [-0.15, -0.1) is 11.8 Å². The average molecular weight is 709 g/mol. The van der Waals surface area contributed by atoms with Crippen LogP contribution in [0, 0.1) is 20.8 Å². The molecule has 9 heteroatoms. The smallest absolute Gasteiger partial charge is 0.317 e. The number of hydrogen-bond donors (Lipinski definition) is 2. The lowest BCUT2D eigenvalue weighted by molar-refractivity contribution is -0.136. The summed E-state index contributed by atoms with van der Waals surface area (Å²) in [5.74, 6) is 2.58. The highest BCUT2D eigenvalue weighted by Crippen LogP contribution is 2.43. The first-order chi connectivity index (χ1) is 24.1. The molecule has 2 heterocycles. The summed E-state index contributed by atoms with van der Waals surface area (Å²) in [5, 5.41) is 19.9. The fourth-order valence-electron chi connectivity index (χ4n) is 6.53. The van der Waals surface area contributed by atoms with E-state index in [9.17, 15) is 15.0 Å². The number of aromatic hydroxyl groups is 1. The van der Waals surface area contributed by atoms with Gasteiger partial charge in [0.1, 0.15) is 52.9 Å². The number of carboxylic acids is 1. The minimum atomic E-state index is -0.833. The Balaban J connectivity index is 1.06. The van der Waals surface area contributed by atoms with Crippen LogP contribution in [-0.4, -0.2) is 43.2 Å². The van der Waals surface area contributed by atoms with Gasteiger partial charge in [0, 0.05) is 23.6 Å². The van der Waals surface area contributed by atoms with Crippen LogP contribution >= 0.6 is 11.8 Å². The van der Waals surface area contributed by atoms with E-state index in [1.165, 1.54) is 17.3 Å². The van der Waals surface area contributed by atoms with E-state index in [0.29, 0.717) is 24.5 Å². The molecule has 6 rings (SSSR count). The molecule has 5 aromatic rings. The number of aliphatic carboxylic acids is 1. The fourth-order valence-corrected chi connectivity index (χ4v) is 7.53. The van der Waals surface area contributed by atoms with Crippen LogP contribution in [0.1, 0.15) is 73.3 Å². The molecule has 0 fully saturated rings. The SMILES string of the molecule is Cc1c(C)c2c(c(C)c1O)CCC(C)(COc1ccc3nc(COc4ccc(CC(Sc5ccc(C(C)(C)C)cc5)C(=O)O)cc4)n(C)c3c1)O2. The summed E-state index contributed by atoms with van der Waals surface area (Å²) in [7, 11) is 1.96. The number of benzene rings is 4. The third-order valence-corrected chi connectivity index (χ3v) is 11.3. The van der Waals surface area contributed by atoms with E-state index < -0.39 is 16.8 Å². The number of rotatable bonds is 11. The van der Waals surface area contributed by atoms with Crippen LogP contribution in [-0.2, 0) is 36.7 Å². The van der Waals surface area contributed by atoms with E-state index in [2.05, 4.69) is 39.8 Å². The first kappa shape index (κ1) is 36.2. The van der Waals surface area contributed by atoms with E-state index in [-0.39, 0.29) is 12.0 Å². The second-order valence-electron chi connectivity index (χ2n) is 15.0. The largest absolute Gasteiger partial charge is 0.507 e. The first-order valence-electron chi connectivity index (χ1n) is 17.4. The van der Waals surface area contributed by atoms with Crippen LogP contribution in [0.15, 0.2) is 71.6 Å². The molecule has 0 spiro atoms. The van der Waals surface area contributed by atoms with Crippen molar-refractivity contribution >= 4 is 28.8 Å². The van der Waals surface area contributed by atoms with Crippen molar-refractivity contribution in [2.24, 2.45) is 7.05 Å². The molecule has 2 N–H and O–H groups in total. The summed E-state index contributed by atoms with van der Waals surface area (Å²) >= 11 is 1.37. The predicted molar refractivity (Wildman–Crippen MR) is 203 cm³/mol. The first-order valence-corrected chi connectivity index (χ1v) is 18.3. The molecule has 0 saturated heterocycles. The van der Waals surface area contributed by atoms with Crippen LogP contribution in [0.3, 0.4) is 0 Å². The Kier molecular flexibility index (Phi) is 10.1. The number of hydrogen-bond acceptors (Lipinski definition) is 7. The summed E-state index contributed by atoms with van der Waals surface area (Å²) in [4.78, 5) is 17.9. The number of nitrogens with zero attached hydrogens (tertiary/aromatic N) is 2. The maximum atomic E-state index is 12.1. The molecule has 0 saturated carbocycles. The molecule has 8 nitrogen and oxygen atoms in total. The van der Waals surface area contributed by atoms with E-state index in [0.717, 1.165) is 73.9 Å². The summed E-state index contributed by atoms with van der Waals surface area (Å²) < 4.78 is 21.0. The number of aryl methyl sites for hydroxylation is 1. The lowest BCUT2D eigenvalue weighted by Crippen LogP contribution is -2.42. The Morgan fingerprint density at radius 2 is 1.67 bits per heavy atom. The van der Waals surface area contributed by atoms with Gasteiger partial charge >= 0.3 is 5.97 Å². The van der Waals surface area contributed by atoms with Gasteiger partial charge < -0.3 is 29.0 Å². The van der Waals surface area contributed by atoms with Crippen molar-refractivity contribution < 1.29 is 29.2 Å². The van der Waals surface area contributed by atoms with Crippen molar-refractivity contribution in [3.8, 4) is 23.0 Å². The Hall–Kier alpha value is -4.63. The summed E-state index contributed by atoms with van der Waals surface area (Å²) in [6.45, 7) is 15.1. The van der Waals surface area contributed by atoms with Crippen LogP contribution < -0.4 is 14.2 Å². The lowest BCUT2D eigenvalue weighted by atomic mass is 9.87. The average Bonchev–Trinajstić information content (AvgIpc) is 3.42.